The number of hydrogen-bond acceptors (Lipinski definition) is 6. The van der Waals surface area contributed by atoms with Gasteiger partial charge in [-0.3, -0.25) is 4.79 Å². The number of rotatable bonds is 4. The Morgan fingerprint density at radius 3 is 2.55 bits per heavy atom. The number of benzene rings is 2. The van der Waals surface area contributed by atoms with Crippen molar-refractivity contribution in [2.75, 3.05) is 38.2 Å². The van der Waals surface area contributed by atoms with E-state index < -0.39 is 5.82 Å². The lowest BCUT2D eigenvalue weighted by Crippen LogP contribution is -2.49. The number of nitrogens with zero attached hydrogens (tertiary/aromatic N) is 6. The summed E-state index contributed by atoms with van der Waals surface area (Å²) in [5.74, 6) is 0.583. The summed E-state index contributed by atoms with van der Waals surface area (Å²) < 4.78 is 21.3. The van der Waals surface area contributed by atoms with E-state index >= 15 is 0 Å². The van der Waals surface area contributed by atoms with Crippen molar-refractivity contribution in [1.29, 1.82) is 0 Å². The number of carbonyl (C=O) groups excluding carboxylic acids is 1. The standard InChI is InChI=1S/C22H21FN6O2/c1-31-14-19-25-26-20-16-7-3-5-9-18(16)24-22(29(19)20)28-12-10-27(11-13-28)21(30)15-6-2-4-8-17(15)23/h2-9H,10-14H2,1H3. The molecule has 1 saturated heterocycles. The van der Waals surface area contributed by atoms with Crippen molar-refractivity contribution in [3.8, 4) is 0 Å². The molecule has 0 N–H and O–H groups in total. The number of hydrogen-bond donors (Lipinski definition) is 0. The van der Waals surface area contributed by atoms with Crippen LogP contribution in [0.5, 0.6) is 0 Å². The molecule has 2 aromatic heterocycles. The van der Waals surface area contributed by atoms with E-state index in [0.717, 1.165) is 16.6 Å². The number of halogens is 1. The summed E-state index contributed by atoms with van der Waals surface area (Å²) in [6.45, 7) is 2.35. The lowest BCUT2D eigenvalue weighted by molar-refractivity contribution is 0.0741. The number of anilines is 1. The second kappa shape index (κ2) is 7.92. The SMILES string of the molecule is COCc1nnc2c3ccccc3nc(N3CCN(C(=O)c4ccccc4F)CC3)n12. The predicted octanol–water partition coefficient (Wildman–Crippen LogP) is 2.53. The smallest absolute Gasteiger partial charge is 0.256 e. The van der Waals surface area contributed by atoms with Gasteiger partial charge in [0.2, 0.25) is 5.95 Å². The van der Waals surface area contributed by atoms with Gasteiger partial charge in [0, 0.05) is 38.7 Å². The third-order valence-electron chi connectivity index (χ3n) is 5.52. The third-order valence-corrected chi connectivity index (χ3v) is 5.52. The van der Waals surface area contributed by atoms with Crippen molar-refractivity contribution in [2.24, 2.45) is 0 Å². The summed E-state index contributed by atoms with van der Waals surface area (Å²) in [6.07, 6.45) is 0. The number of methoxy groups -OCH3 is 1. The van der Waals surface area contributed by atoms with E-state index in [1.807, 2.05) is 28.7 Å². The van der Waals surface area contributed by atoms with E-state index in [1.54, 1.807) is 24.1 Å². The highest BCUT2D eigenvalue weighted by atomic mass is 19.1. The van der Waals surface area contributed by atoms with Crippen LogP contribution in [0.15, 0.2) is 48.5 Å². The van der Waals surface area contributed by atoms with Crippen LogP contribution < -0.4 is 4.90 Å². The molecule has 5 rings (SSSR count). The van der Waals surface area contributed by atoms with Gasteiger partial charge < -0.3 is 14.5 Å². The summed E-state index contributed by atoms with van der Waals surface area (Å²) in [6, 6.07) is 13.9. The van der Waals surface area contributed by atoms with Gasteiger partial charge in [-0.2, -0.15) is 0 Å². The maximum absolute atomic E-state index is 14.0. The van der Waals surface area contributed by atoms with Crippen LogP contribution >= 0.6 is 0 Å². The molecule has 1 aliphatic heterocycles. The number of aromatic nitrogens is 4. The van der Waals surface area contributed by atoms with Gasteiger partial charge in [-0.1, -0.05) is 24.3 Å². The Balaban J connectivity index is 1.47. The molecule has 1 amide bonds. The zero-order valence-electron chi connectivity index (χ0n) is 17.0. The fourth-order valence-electron chi connectivity index (χ4n) is 3.97. The lowest BCUT2D eigenvalue weighted by atomic mass is 10.1. The highest BCUT2D eigenvalue weighted by molar-refractivity contribution is 5.95. The van der Waals surface area contributed by atoms with Crippen LogP contribution in [0.25, 0.3) is 16.6 Å². The Kier molecular flexibility index (Phi) is 4.95. The van der Waals surface area contributed by atoms with Gasteiger partial charge in [-0.25, -0.2) is 13.8 Å². The molecule has 0 radical (unpaired) electrons. The molecule has 158 valence electrons. The highest BCUT2D eigenvalue weighted by Gasteiger charge is 2.27. The number of amides is 1. The molecule has 0 aliphatic carbocycles. The van der Waals surface area contributed by atoms with Crippen LogP contribution in [-0.4, -0.2) is 63.7 Å². The van der Waals surface area contributed by atoms with Crippen molar-refractivity contribution in [2.45, 2.75) is 6.61 Å². The van der Waals surface area contributed by atoms with Crippen LogP contribution in [0, 0.1) is 5.82 Å². The normalized spacial score (nSPS) is 14.5. The molecule has 0 atom stereocenters. The third kappa shape index (κ3) is 3.36. The number of fused-ring (bicyclic) bond motifs is 3. The van der Waals surface area contributed by atoms with E-state index in [-0.39, 0.29) is 11.5 Å². The number of carbonyl (C=O) groups is 1. The van der Waals surface area contributed by atoms with Crippen molar-refractivity contribution >= 4 is 28.4 Å². The minimum Gasteiger partial charge on any atom is -0.377 e. The van der Waals surface area contributed by atoms with Gasteiger partial charge in [0.05, 0.1) is 11.1 Å². The first-order chi connectivity index (χ1) is 15.2. The molecule has 0 unspecified atom stereocenters. The quantitative estimate of drug-likeness (QED) is 0.505. The van der Waals surface area contributed by atoms with Crippen molar-refractivity contribution < 1.29 is 13.9 Å². The highest BCUT2D eigenvalue weighted by Crippen LogP contribution is 2.25. The summed E-state index contributed by atoms with van der Waals surface area (Å²) in [5.41, 5.74) is 1.65. The first-order valence-electron chi connectivity index (χ1n) is 10.1. The average Bonchev–Trinajstić information content (AvgIpc) is 3.23. The monoisotopic (exact) mass is 420 g/mol. The van der Waals surface area contributed by atoms with Gasteiger partial charge in [0.15, 0.2) is 11.5 Å². The van der Waals surface area contributed by atoms with E-state index in [2.05, 4.69) is 15.1 Å². The summed E-state index contributed by atoms with van der Waals surface area (Å²) in [7, 11) is 1.61. The summed E-state index contributed by atoms with van der Waals surface area (Å²) in [4.78, 5) is 21.4. The van der Waals surface area contributed by atoms with Crippen molar-refractivity contribution in [3.63, 3.8) is 0 Å². The van der Waals surface area contributed by atoms with Crippen LogP contribution in [0.2, 0.25) is 0 Å². The molecule has 0 saturated carbocycles. The van der Waals surface area contributed by atoms with Crippen LogP contribution in [-0.2, 0) is 11.3 Å². The van der Waals surface area contributed by atoms with E-state index in [0.29, 0.717) is 44.6 Å². The number of para-hydroxylation sites is 1. The zero-order chi connectivity index (χ0) is 21.4. The van der Waals surface area contributed by atoms with Gasteiger partial charge in [0.1, 0.15) is 12.4 Å². The topological polar surface area (TPSA) is 75.9 Å². The van der Waals surface area contributed by atoms with E-state index in [4.69, 9.17) is 9.72 Å². The fourth-order valence-corrected chi connectivity index (χ4v) is 3.97. The van der Waals surface area contributed by atoms with Crippen LogP contribution in [0.1, 0.15) is 16.2 Å². The predicted molar refractivity (Wildman–Crippen MR) is 114 cm³/mol. The van der Waals surface area contributed by atoms with Gasteiger partial charge >= 0.3 is 0 Å². The largest absolute Gasteiger partial charge is 0.377 e. The van der Waals surface area contributed by atoms with E-state index in [1.165, 1.54) is 12.1 Å². The molecule has 9 heteroatoms. The average molecular weight is 420 g/mol. The first kappa shape index (κ1) is 19.4. The lowest BCUT2D eigenvalue weighted by Gasteiger charge is -2.35. The van der Waals surface area contributed by atoms with Crippen molar-refractivity contribution in [3.05, 3.63) is 65.7 Å². The summed E-state index contributed by atoms with van der Waals surface area (Å²) in [5, 5.41) is 9.58. The molecule has 0 bridgehead atoms. The van der Waals surface area contributed by atoms with Crippen molar-refractivity contribution in [1.82, 2.24) is 24.5 Å². The molecule has 0 spiro atoms. The second-order valence-corrected chi connectivity index (χ2v) is 7.40. The molecule has 1 aliphatic rings. The summed E-state index contributed by atoms with van der Waals surface area (Å²) >= 11 is 0. The Morgan fingerprint density at radius 2 is 1.77 bits per heavy atom. The first-order valence-corrected chi connectivity index (χ1v) is 10.1. The second-order valence-electron chi connectivity index (χ2n) is 7.40. The molecule has 31 heavy (non-hydrogen) atoms. The van der Waals surface area contributed by atoms with Gasteiger partial charge in [-0.05, 0) is 24.3 Å². The van der Waals surface area contributed by atoms with Gasteiger partial charge in [0.25, 0.3) is 5.91 Å². The molecular weight excluding hydrogens is 399 g/mol. The molecular formula is C22H21FN6O2. The minimum absolute atomic E-state index is 0.100. The number of ether oxygens (including phenoxy) is 1. The van der Waals surface area contributed by atoms with Gasteiger partial charge in [-0.15, -0.1) is 10.2 Å². The van der Waals surface area contributed by atoms with E-state index in [9.17, 15) is 9.18 Å². The van der Waals surface area contributed by atoms with Crippen LogP contribution in [0.3, 0.4) is 0 Å². The Bertz CT molecular complexity index is 1270. The minimum atomic E-state index is -0.499. The Labute approximate surface area is 177 Å². The maximum Gasteiger partial charge on any atom is 0.256 e. The van der Waals surface area contributed by atoms with Crippen LogP contribution in [0.4, 0.5) is 10.3 Å². The molecule has 8 nitrogen and oxygen atoms in total. The zero-order valence-corrected chi connectivity index (χ0v) is 17.0. The molecule has 4 aromatic rings. The fraction of sp³-hybridized carbons (Fsp3) is 0.273. The molecule has 3 heterocycles. The Hall–Kier alpha value is -3.59. The molecule has 1 fully saturated rings. The maximum atomic E-state index is 14.0. The molecule has 2 aromatic carbocycles. The number of piperazine rings is 1. The Morgan fingerprint density at radius 1 is 1.03 bits per heavy atom.